The number of benzene rings is 2. The van der Waals surface area contributed by atoms with E-state index in [0.29, 0.717) is 0 Å². The molecule has 6 N–H and O–H groups in total. The number of rotatable bonds is 8. The van der Waals surface area contributed by atoms with Crippen LogP contribution in [0, 0.1) is 20.5 Å². The van der Waals surface area contributed by atoms with Crippen LogP contribution in [0.15, 0.2) is 119 Å². The van der Waals surface area contributed by atoms with Gasteiger partial charge >= 0.3 is 34.1 Å². The third-order valence-electron chi connectivity index (χ3n) is 4.57. The van der Waals surface area contributed by atoms with Gasteiger partial charge in [-0.3, -0.25) is 20.0 Å². The van der Waals surface area contributed by atoms with E-state index in [1.165, 1.54) is 11.1 Å². The summed E-state index contributed by atoms with van der Waals surface area (Å²) in [5.74, 6) is 0. The second-order valence-corrected chi connectivity index (χ2v) is 9.32. The summed E-state index contributed by atoms with van der Waals surface area (Å²) in [6.45, 7) is 1.61. The zero-order valence-corrected chi connectivity index (χ0v) is 28.1. The largest absolute Gasteiger partial charge is 2.00 e. The first-order valence-electron chi connectivity index (χ1n) is 12.0. The molecular formula is C28H34Cl2Cu2N4O12. The second kappa shape index (κ2) is 34.1. The Morgan fingerprint density at radius 3 is 1.00 bits per heavy atom. The van der Waals surface area contributed by atoms with E-state index in [9.17, 15) is 0 Å². The van der Waals surface area contributed by atoms with Gasteiger partial charge in [-0.25, -0.2) is 37.3 Å². The Balaban J connectivity index is -0.000000131. The zero-order valence-electron chi connectivity index (χ0n) is 24.7. The second-order valence-electron chi connectivity index (χ2n) is 7.81. The molecule has 0 amide bonds. The minimum atomic E-state index is -4.94. The first-order valence-corrected chi connectivity index (χ1v) is 14.5. The molecule has 0 saturated heterocycles. The van der Waals surface area contributed by atoms with Crippen LogP contribution in [0.25, 0.3) is 0 Å². The van der Waals surface area contributed by atoms with Gasteiger partial charge < -0.3 is 21.9 Å². The maximum atomic E-state index is 8.49. The van der Waals surface area contributed by atoms with Gasteiger partial charge in [0.05, 0.1) is 11.4 Å². The molecule has 4 aromatic rings. The molecule has 0 unspecified atom stereocenters. The molecule has 16 nitrogen and oxygen atoms in total. The quantitative estimate of drug-likeness (QED) is 0.119. The maximum Gasteiger partial charge on any atom is 2.00 e. The van der Waals surface area contributed by atoms with Crippen molar-refractivity contribution in [2.75, 3.05) is 13.1 Å². The Bertz CT molecular complexity index is 1170. The Morgan fingerprint density at radius 2 is 0.750 bits per heavy atom. The smallest absolute Gasteiger partial charge is 0.870 e. The predicted octanol–water partition coefficient (Wildman–Crippen LogP) is -6.03. The van der Waals surface area contributed by atoms with Gasteiger partial charge in [-0.2, -0.15) is 0 Å². The molecule has 2 radical (unpaired) electrons. The van der Waals surface area contributed by atoms with Gasteiger partial charge in [0.1, 0.15) is 0 Å². The van der Waals surface area contributed by atoms with Crippen molar-refractivity contribution < 1.29 is 114 Å². The molecule has 2 aromatic carbocycles. The number of hydrogen-bond donors (Lipinski definition) is 0. The van der Waals surface area contributed by atoms with Crippen molar-refractivity contribution >= 4 is 12.4 Å². The topological polar surface area (TPSA) is 358 Å². The van der Waals surface area contributed by atoms with Crippen LogP contribution in [-0.2, 0) is 47.0 Å². The molecule has 0 fully saturated rings. The van der Waals surface area contributed by atoms with Gasteiger partial charge in [-0.15, -0.1) is 20.5 Å². The molecule has 0 bridgehead atoms. The van der Waals surface area contributed by atoms with E-state index >= 15 is 0 Å². The molecule has 0 saturated carbocycles. The van der Waals surface area contributed by atoms with E-state index < -0.39 is 20.5 Å². The number of halogens is 2. The summed E-state index contributed by atoms with van der Waals surface area (Å²) in [5.41, 5.74) is 4.47. The van der Waals surface area contributed by atoms with Gasteiger partial charge in [0.2, 0.25) is 0 Å². The van der Waals surface area contributed by atoms with Crippen LogP contribution in [0.1, 0.15) is 22.5 Å². The number of aromatic nitrogens is 2. The summed E-state index contributed by atoms with van der Waals surface area (Å²) in [7, 11) is -9.89. The Labute approximate surface area is 302 Å². The molecule has 0 spiro atoms. The summed E-state index contributed by atoms with van der Waals surface area (Å²) in [5, 5.41) is 0. The van der Waals surface area contributed by atoms with Crippen molar-refractivity contribution in [3.63, 3.8) is 0 Å². The van der Waals surface area contributed by atoms with Crippen molar-refractivity contribution in [2.45, 2.75) is 12.8 Å². The molecular weight excluding hydrogens is 782 g/mol. The van der Waals surface area contributed by atoms with Gasteiger partial charge in [-0.1, -0.05) is 72.8 Å². The van der Waals surface area contributed by atoms with E-state index in [0.717, 1.165) is 37.3 Å². The summed E-state index contributed by atoms with van der Waals surface area (Å²) in [4.78, 5) is 17.0. The monoisotopic (exact) mass is 814 g/mol. The molecule has 48 heavy (non-hydrogen) atoms. The van der Waals surface area contributed by atoms with Crippen LogP contribution in [0.3, 0.4) is 0 Å². The van der Waals surface area contributed by atoms with Crippen LogP contribution in [0.5, 0.6) is 0 Å². The normalized spacial score (nSPS) is 9.67. The van der Waals surface area contributed by atoms with Crippen molar-refractivity contribution in [3.05, 3.63) is 132 Å². The minimum absolute atomic E-state index is 0. The van der Waals surface area contributed by atoms with Crippen LogP contribution in [-0.4, -0.2) is 57.4 Å². The summed E-state index contributed by atoms with van der Waals surface area (Å²) < 4.78 is 67.9. The van der Waals surface area contributed by atoms with Crippen molar-refractivity contribution in [1.29, 1.82) is 0 Å². The van der Waals surface area contributed by atoms with E-state index in [4.69, 9.17) is 37.3 Å². The predicted molar refractivity (Wildman–Crippen MR) is 145 cm³/mol. The van der Waals surface area contributed by atoms with E-state index in [2.05, 4.69) is 68.5 Å². The molecule has 2 heterocycles. The molecule has 4 rings (SSSR count). The SMILES string of the molecule is C(=NCCc1ccccc1)c1ccccn1.C(=NCCc1ccccc1)c1ccccn1.O.O.[Cu+2].[Cu+2].[O-][Cl+3]([O-])([O-])[O-].[O-][Cl+3]([O-])([O-])[O-].[OH-].[OH-]. The number of aliphatic imine (C=N–C) groups is 2. The standard InChI is InChI=1S/2C14H14N2.2ClHO4.2Cu.4H2O/c2*1-2-6-13(7-3-1)9-11-15-12-14-8-4-5-10-16-14;2*2-1(3,4)5;;;;;;/h2*1-8,10,12H,9,11H2;2*(H,2,3,4,5);;;4*1H2/q;;;;2*+2;;;;/p-4. The van der Waals surface area contributed by atoms with Gasteiger partial charge in [0, 0.05) is 37.9 Å². The van der Waals surface area contributed by atoms with E-state index in [-0.39, 0.29) is 56.0 Å². The van der Waals surface area contributed by atoms with Crippen LogP contribution >= 0.6 is 0 Å². The van der Waals surface area contributed by atoms with Crippen molar-refractivity contribution in [1.82, 2.24) is 9.97 Å². The molecule has 0 aliphatic carbocycles. The average molecular weight is 817 g/mol. The molecule has 2 aromatic heterocycles. The van der Waals surface area contributed by atoms with Crippen LogP contribution in [0.4, 0.5) is 0 Å². The third-order valence-corrected chi connectivity index (χ3v) is 4.57. The first-order chi connectivity index (χ1) is 19.9. The fraction of sp³-hybridized carbons (Fsp3) is 0.143. The first kappa shape index (κ1) is 57.5. The Hall–Kier alpha value is -2.78. The van der Waals surface area contributed by atoms with Gasteiger partial charge in [-0.05, 0) is 48.2 Å². The molecule has 0 aliphatic heterocycles. The third kappa shape index (κ3) is 41.2. The summed E-state index contributed by atoms with van der Waals surface area (Å²) >= 11 is 0. The average Bonchev–Trinajstić information content (AvgIpc) is 2.94. The van der Waals surface area contributed by atoms with Crippen molar-refractivity contribution in [2.24, 2.45) is 9.98 Å². The molecule has 20 heteroatoms. The van der Waals surface area contributed by atoms with Crippen LogP contribution < -0.4 is 37.3 Å². The van der Waals surface area contributed by atoms with Gasteiger partial charge in [0.15, 0.2) is 0 Å². The summed E-state index contributed by atoms with van der Waals surface area (Å²) in [6, 6.07) is 32.4. The fourth-order valence-corrected chi connectivity index (χ4v) is 2.90. The van der Waals surface area contributed by atoms with E-state index in [1.807, 2.05) is 61.0 Å². The number of nitrogens with zero attached hydrogens (tertiary/aromatic N) is 4. The van der Waals surface area contributed by atoms with Crippen molar-refractivity contribution in [3.8, 4) is 0 Å². The van der Waals surface area contributed by atoms with Crippen LogP contribution in [0.2, 0.25) is 0 Å². The summed E-state index contributed by atoms with van der Waals surface area (Å²) in [6.07, 6.45) is 9.15. The van der Waals surface area contributed by atoms with Gasteiger partial charge in [0.25, 0.3) is 0 Å². The minimum Gasteiger partial charge on any atom is -0.870 e. The number of hydrogen-bond acceptors (Lipinski definition) is 14. The molecule has 274 valence electrons. The number of pyridine rings is 2. The zero-order chi connectivity index (χ0) is 31.1. The molecule has 0 atom stereocenters. The molecule has 0 aliphatic rings. The Morgan fingerprint density at radius 1 is 0.479 bits per heavy atom. The Kier molecular flexibility index (Phi) is 40.8. The fourth-order valence-electron chi connectivity index (χ4n) is 2.90. The van der Waals surface area contributed by atoms with E-state index in [1.54, 1.807) is 12.4 Å². The maximum absolute atomic E-state index is 8.49.